The van der Waals surface area contributed by atoms with Crippen molar-refractivity contribution in [1.29, 1.82) is 0 Å². The number of carbonyl (C=O) groups is 1. The molecule has 0 spiro atoms. The number of hydrogen-bond acceptors (Lipinski definition) is 4. The second-order valence-electron chi connectivity index (χ2n) is 8.16. The maximum absolute atomic E-state index is 13.2. The van der Waals surface area contributed by atoms with Crippen LogP contribution in [0.25, 0.3) is 0 Å². The van der Waals surface area contributed by atoms with Gasteiger partial charge in [-0.2, -0.15) is 13.2 Å². The smallest absolute Gasteiger partial charge is 0.330 e. The lowest BCUT2D eigenvalue weighted by Crippen LogP contribution is -2.63. The fraction of sp³-hybridized carbons (Fsp3) is 0.684. The Labute approximate surface area is 156 Å². The van der Waals surface area contributed by atoms with Gasteiger partial charge in [0.05, 0.1) is 5.92 Å². The van der Waals surface area contributed by atoms with E-state index < -0.39 is 18.6 Å². The van der Waals surface area contributed by atoms with Crippen molar-refractivity contribution in [3.05, 3.63) is 29.1 Å². The van der Waals surface area contributed by atoms with E-state index in [1.807, 2.05) is 26.0 Å². The molecular weight excluding hydrogens is 357 g/mol. The molecule has 1 aromatic rings. The standard InChI is InChI=1S/C19H25F3N4O/c1-10-5-13(6-11(2)24-10)12-3-4-14-16(7-12)26(9-19(20,21)22)18(27)15-8-23-25-17(14)15/h5-6,12,14-17,23,25H,3-4,7-9H2,1-2H3. The molecule has 1 saturated carbocycles. The number of alkyl halides is 3. The van der Waals surface area contributed by atoms with Gasteiger partial charge in [0.2, 0.25) is 5.91 Å². The lowest BCUT2D eigenvalue weighted by Gasteiger charge is -2.50. The van der Waals surface area contributed by atoms with E-state index in [0.29, 0.717) is 13.0 Å². The molecule has 1 amide bonds. The van der Waals surface area contributed by atoms with Crippen molar-refractivity contribution in [2.45, 2.75) is 57.3 Å². The molecule has 3 aliphatic rings. The van der Waals surface area contributed by atoms with Crippen LogP contribution in [0.15, 0.2) is 12.1 Å². The number of nitrogens with one attached hydrogen (secondary N) is 2. The molecule has 8 heteroatoms. The van der Waals surface area contributed by atoms with Crippen molar-refractivity contribution in [3.8, 4) is 0 Å². The second-order valence-corrected chi connectivity index (χ2v) is 8.16. The number of nitrogens with zero attached hydrogens (tertiary/aromatic N) is 2. The van der Waals surface area contributed by atoms with Crippen LogP contribution >= 0.6 is 0 Å². The first kappa shape index (κ1) is 18.7. The van der Waals surface area contributed by atoms with Gasteiger partial charge in [-0.25, -0.2) is 0 Å². The molecule has 2 N–H and O–H groups in total. The van der Waals surface area contributed by atoms with Gasteiger partial charge in [-0.05, 0) is 62.6 Å². The largest absolute Gasteiger partial charge is 0.406 e. The number of hydrogen-bond donors (Lipinski definition) is 2. The molecule has 5 nitrogen and oxygen atoms in total. The first-order valence-corrected chi connectivity index (χ1v) is 9.54. The zero-order valence-corrected chi connectivity index (χ0v) is 15.5. The summed E-state index contributed by atoms with van der Waals surface area (Å²) in [7, 11) is 0. The number of aromatic nitrogens is 1. The van der Waals surface area contributed by atoms with Crippen LogP contribution in [0, 0.1) is 25.7 Å². The van der Waals surface area contributed by atoms with Gasteiger partial charge in [0.15, 0.2) is 0 Å². The van der Waals surface area contributed by atoms with E-state index in [0.717, 1.165) is 34.7 Å². The summed E-state index contributed by atoms with van der Waals surface area (Å²) in [5.41, 5.74) is 9.09. The fourth-order valence-corrected chi connectivity index (χ4v) is 5.28. The predicted octanol–water partition coefficient (Wildman–Crippen LogP) is 2.45. The van der Waals surface area contributed by atoms with Gasteiger partial charge < -0.3 is 4.90 Å². The number of likely N-dealkylation sites (tertiary alicyclic amines) is 1. The van der Waals surface area contributed by atoms with E-state index in [9.17, 15) is 18.0 Å². The minimum Gasteiger partial charge on any atom is -0.330 e. The van der Waals surface area contributed by atoms with Gasteiger partial charge in [0, 0.05) is 30.0 Å². The van der Waals surface area contributed by atoms with Gasteiger partial charge in [-0.3, -0.25) is 20.6 Å². The van der Waals surface area contributed by atoms with Crippen LogP contribution in [0.2, 0.25) is 0 Å². The van der Waals surface area contributed by atoms with Crippen LogP contribution in [0.3, 0.4) is 0 Å². The molecule has 2 saturated heterocycles. The van der Waals surface area contributed by atoms with Crippen LogP contribution < -0.4 is 10.9 Å². The van der Waals surface area contributed by atoms with Crippen molar-refractivity contribution in [2.24, 2.45) is 11.8 Å². The Balaban J connectivity index is 1.63. The highest BCUT2D eigenvalue weighted by Crippen LogP contribution is 2.45. The summed E-state index contributed by atoms with van der Waals surface area (Å²) >= 11 is 0. The van der Waals surface area contributed by atoms with Crippen molar-refractivity contribution < 1.29 is 18.0 Å². The van der Waals surface area contributed by atoms with Gasteiger partial charge in [0.25, 0.3) is 0 Å². The quantitative estimate of drug-likeness (QED) is 0.825. The SMILES string of the molecule is Cc1cc(C2CCC3C4NNCC4C(=O)N(CC(F)(F)F)C3C2)cc(C)n1. The molecule has 27 heavy (non-hydrogen) atoms. The molecule has 5 unspecified atom stereocenters. The molecule has 3 fully saturated rings. The van der Waals surface area contributed by atoms with E-state index in [1.54, 1.807) is 0 Å². The summed E-state index contributed by atoms with van der Waals surface area (Å²) < 4.78 is 39.6. The Bertz CT molecular complexity index is 718. The molecule has 1 aromatic heterocycles. The molecular formula is C19H25F3N4O. The molecule has 5 atom stereocenters. The average Bonchev–Trinajstić information content (AvgIpc) is 3.06. The first-order valence-electron chi connectivity index (χ1n) is 9.54. The highest BCUT2D eigenvalue weighted by Gasteiger charge is 2.54. The van der Waals surface area contributed by atoms with Gasteiger partial charge in [-0.15, -0.1) is 0 Å². The van der Waals surface area contributed by atoms with E-state index >= 15 is 0 Å². The normalized spacial score (nSPS) is 33.7. The summed E-state index contributed by atoms with van der Waals surface area (Å²) in [6.45, 7) is 3.10. The summed E-state index contributed by atoms with van der Waals surface area (Å²) in [5, 5.41) is 0. The third kappa shape index (κ3) is 3.57. The van der Waals surface area contributed by atoms with Crippen molar-refractivity contribution in [2.75, 3.05) is 13.1 Å². The van der Waals surface area contributed by atoms with Crippen molar-refractivity contribution >= 4 is 5.91 Å². The fourth-order valence-electron chi connectivity index (χ4n) is 5.28. The number of halogens is 3. The summed E-state index contributed by atoms with van der Waals surface area (Å²) in [6.07, 6.45) is -2.08. The van der Waals surface area contributed by atoms with E-state index in [-0.39, 0.29) is 29.8 Å². The van der Waals surface area contributed by atoms with E-state index in [2.05, 4.69) is 15.8 Å². The Morgan fingerprint density at radius 1 is 1.22 bits per heavy atom. The molecule has 4 rings (SSSR count). The second kappa shape index (κ2) is 6.74. The first-order chi connectivity index (χ1) is 12.7. The molecule has 0 radical (unpaired) electrons. The molecule has 3 heterocycles. The number of hydrazine groups is 1. The minimum atomic E-state index is -4.39. The van der Waals surface area contributed by atoms with Gasteiger partial charge in [-0.1, -0.05) is 0 Å². The number of amides is 1. The van der Waals surface area contributed by atoms with Crippen LogP contribution in [-0.4, -0.2) is 47.1 Å². The van der Waals surface area contributed by atoms with E-state index in [1.165, 1.54) is 0 Å². The third-order valence-electron chi connectivity index (χ3n) is 6.28. The predicted molar refractivity (Wildman–Crippen MR) is 93.8 cm³/mol. The van der Waals surface area contributed by atoms with E-state index in [4.69, 9.17) is 0 Å². The van der Waals surface area contributed by atoms with Crippen LogP contribution in [0.5, 0.6) is 0 Å². The summed E-state index contributed by atoms with van der Waals surface area (Å²) in [6, 6.07) is 3.58. The van der Waals surface area contributed by atoms with Gasteiger partial charge >= 0.3 is 6.18 Å². The number of pyridine rings is 1. The Morgan fingerprint density at radius 2 is 1.93 bits per heavy atom. The number of piperidine rings is 1. The minimum absolute atomic E-state index is 0.0466. The Hall–Kier alpha value is -1.67. The molecule has 148 valence electrons. The Kier molecular flexibility index (Phi) is 4.66. The van der Waals surface area contributed by atoms with Crippen molar-refractivity contribution in [1.82, 2.24) is 20.7 Å². The van der Waals surface area contributed by atoms with Crippen LogP contribution in [0.4, 0.5) is 13.2 Å². The maximum Gasteiger partial charge on any atom is 0.406 e. The van der Waals surface area contributed by atoms with Crippen molar-refractivity contribution in [3.63, 3.8) is 0 Å². The lowest BCUT2D eigenvalue weighted by atomic mass is 9.67. The average molecular weight is 382 g/mol. The van der Waals surface area contributed by atoms with Crippen LogP contribution in [-0.2, 0) is 4.79 Å². The number of aryl methyl sites for hydroxylation is 2. The lowest BCUT2D eigenvalue weighted by molar-refractivity contribution is -0.178. The molecule has 0 aromatic carbocycles. The van der Waals surface area contributed by atoms with Gasteiger partial charge in [0.1, 0.15) is 6.54 Å². The highest BCUT2D eigenvalue weighted by molar-refractivity contribution is 5.82. The third-order valence-corrected chi connectivity index (χ3v) is 6.28. The number of rotatable bonds is 2. The monoisotopic (exact) mass is 382 g/mol. The molecule has 2 aliphatic heterocycles. The molecule has 0 bridgehead atoms. The maximum atomic E-state index is 13.2. The Morgan fingerprint density at radius 3 is 2.59 bits per heavy atom. The molecule has 1 aliphatic carbocycles. The zero-order valence-electron chi connectivity index (χ0n) is 15.5. The number of carbonyl (C=O) groups excluding carboxylic acids is 1. The summed E-state index contributed by atoms with van der Waals surface area (Å²) in [5.74, 6) is -0.583. The topological polar surface area (TPSA) is 57.3 Å². The van der Waals surface area contributed by atoms with Crippen LogP contribution in [0.1, 0.15) is 42.1 Å². The summed E-state index contributed by atoms with van der Waals surface area (Å²) in [4.78, 5) is 18.3. The highest BCUT2D eigenvalue weighted by atomic mass is 19.4. The zero-order chi connectivity index (χ0) is 19.3. The number of fused-ring (bicyclic) bond motifs is 3.